The number of carbonyl (C=O) groups excluding carboxylic acids is 1. The normalized spacial score (nSPS) is 20.3. The number of hydrogen-bond donors (Lipinski definition) is 1. The molecule has 0 radical (unpaired) electrons. The SMILES string of the molecule is COc1ccc(C2Cn3nnc(C(=O)NC4CCCC4)c3CO2)cc1. The van der Waals surface area contributed by atoms with Gasteiger partial charge >= 0.3 is 0 Å². The van der Waals surface area contributed by atoms with E-state index in [1.165, 1.54) is 12.8 Å². The molecule has 4 rings (SSSR count). The Morgan fingerprint density at radius 2 is 2.04 bits per heavy atom. The van der Waals surface area contributed by atoms with Crippen LogP contribution in [0.2, 0.25) is 0 Å². The largest absolute Gasteiger partial charge is 0.497 e. The van der Waals surface area contributed by atoms with Crippen molar-refractivity contribution in [2.75, 3.05) is 7.11 Å². The van der Waals surface area contributed by atoms with Crippen LogP contribution >= 0.6 is 0 Å². The highest BCUT2D eigenvalue weighted by Crippen LogP contribution is 2.28. The Bertz CT molecular complexity index is 750. The fourth-order valence-corrected chi connectivity index (χ4v) is 3.53. The van der Waals surface area contributed by atoms with E-state index in [1.54, 1.807) is 11.8 Å². The van der Waals surface area contributed by atoms with E-state index in [1.807, 2.05) is 24.3 Å². The average Bonchev–Trinajstić information content (AvgIpc) is 3.30. The standard InChI is InChI=1S/C18H22N4O3/c1-24-14-8-6-12(7-9-14)16-10-22-15(11-25-16)17(20-21-22)18(23)19-13-4-2-3-5-13/h6-9,13,16H,2-5,10-11H2,1H3,(H,19,23). The third-order valence-corrected chi connectivity index (χ3v) is 4.99. The maximum absolute atomic E-state index is 12.5. The molecular formula is C18H22N4O3. The Morgan fingerprint density at radius 1 is 1.28 bits per heavy atom. The summed E-state index contributed by atoms with van der Waals surface area (Å²) in [7, 11) is 1.64. The van der Waals surface area contributed by atoms with Crippen LogP contribution in [0.4, 0.5) is 0 Å². The third kappa shape index (κ3) is 3.24. The second-order valence-corrected chi connectivity index (χ2v) is 6.59. The van der Waals surface area contributed by atoms with E-state index in [0.29, 0.717) is 18.8 Å². The molecule has 1 fully saturated rings. The number of nitrogens with one attached hydrogen (secondary N) is 1. The van der Waals surface area contributed by atoms with Gasteiger partial charge in [0.25, 0.3) is 5.91 Å². The number of nitrogens with zero attached hydrogens (tertiary/aromatic N) is 3. The molecule has 0 saturated heterocycles. The molecule has 7 nitrogen and oxygen atoms in total. The van der Waals surface area contributed by atoms with Crippen molar-refractivity contribution in [3.63, 3.8) is 0 Å². The molecule has 1 saturated carbocycles. The molecule has 132 valence electrons. The molecule has 2 heterocycles. The van der Waals surface area contributed by atoms with Crippen LogP contribution in [-0.2, 0) is 17.9 Å². The maximum atomic E-state index is 12.5. The molecule has 1 aliphatic heterocycles. The number of aromatic nitrogens is 3. The van der Waals surface area contributed by atoms with Crippen molar-refractivity contribution in [3.8, 4) is 5.75 Å². The fourth-order valence-electron chi connectivity index (χ4n) is 3.53. The van der Waals surface area contributed by atoms with Crippen molar-refractivity contribution in [2.45, 2.75) is 51.0 Å². The van der Waals surface area contributed by atoms with Crippen LogP contribution in [-0.4, -0.2) is 34.1 Å². The number of methoxy groups -OCH3 is 1. The fraction of sp³-hybridized carbons (Fsp3) is 0.500. The molecule has 1 aliphatic carbocycles. The van der Waals surface area contributed by atoms with E-state index in [2.05, 4.69) is 15.6 Å². The number of fused-ring (bicyclic) bond motifs is 1. The highest BCUT2D eigenvalue weighted by molar-refractivity contribution is 5.93. The van der Waals surface area contributed by atoms with Crippen LogP contribution in [0, 0.1) is 0 Å². The zero-order valence-corrected chi connectivity index (χ0v) is 14.3. The lowest BCUT2D eigenvalue weighted by Gasteiger charge is -2.24. The van der Waals surface area contributed by atoms with Crippen molar-refractivity contribution in [2.24, 2.45) is 0 Å². The highest BCUT2D eigenvalue weighted by Gasteiger charge is 2.29. The monoisotopic (exact) mass is 342 g/mol. The first-order valence-corrected chi connectivity index (χ1v) is 8.73. The smallest absolute Gasteiger partial charge is 0.274 e. The number of carbonyl (C=O) groups is 1. The van der Waals surface area contributed by atoms with Crippen LogP contribution in [0.25, 0.3) is 0 Å². The minimum atomic E-state index is -0.139. The molecule has 0 spiro atoms. The maximum Gasteiger partial charge on any atom is 0.274 e. The summed E-state index contributed by atoms with van der Waals surface area (Å²) in [6, 6.07) is 8.06. The molecule has 2 aliphatic rings. The Balaban J connectivity index is 1.47. The van der Waals surface area contributed by atoms with Gasteiger partial charge in [-0.2, -0.15) is 0 Å². The van der Waals surface area contributed by atoms with Gasteiger partial charge in [-0.05, 0) is 30.5 Å². The van der Waals surface area contributed by atoms with Crippen LogP contribution in [0.1, 0.15) is 53.5 Å². The summed E-state index contributed by atoms with van der Waals surface area (Å²) in [5.41, 5.74) is 2.19. The Morgan fingerprint density at radius 3 is 2.76 bits per heavy atom. The number of amides is 1. The number of ether oxygens (including phenoxy) is 2. The van der Waals surface area contributed by atoms with E-state index in [9.17, 15) is 4.79 Å². The molecular weight excluding hydrogens is 320 g/mol. The second-order valence-electron chi connectivity index (χ2n) is 6.59. The Labute approximate surface area is 146 Å². The topological polar surface area (TPSA) is 78.3 Å². The van der Waals surface area contributed by atoms with Gasteiger partial charge in [-0.1, -0.05) is 30.2 Å². The van der Waals surface area contributed by atoms with Crippen molar-refractivity contribution in [3.05, 3.63) is 41.2 Å². The van der Waals surface area contributed by atoms with Crippen molar-refractivity contribution < 1.29 is 14.3 Å². The van der Waals surface area contributed by atoms with E-state index < -0.39 is 0 Å². The summed E-state index contributed by atoms with van der Waals surface area (Å²) >= 11 is 0. The first-order valence-electron chi connectivity index (χ1n) is 8.73. The molecule has 2 aromatic rings. The average molecular weight is 342 g/mol. The minimum Gasteiger partial charge on any atom is -0.497 e. The van der Waals surface area contributed by atoms with Gasteiger partial charge in [-0.3, -0.25) is 4.79 Å². The van der Waals surface area contributed by atoms with E-state index >= 15 is 0 Å². The summed E-state index contributed by atoms with van der Waals surface area (Å²) in [5, 5.41) is 11.3. The predicted octanol–water partition coefficient (Wildman–Crippen LogP) is 2.23. The van der Waals surface area contributed by atoms with E-state index in [-0.39, 0.29) is 18.1 Å². The zero-order valence-electron chi connectivity index (χ0n) is 14.3. The Kier molecular flexibility index (Phi) is 4.40. The van der Waals surface area contributed by atoms with E-state index in [0.717, 1.165) is 29.8 Å². The first kappa shape index (κ1) is 16.1. The molecule has 1 unspecified atom stereocenters. The van der Waals surface area contributed by atoms with Gasteiger partial charge in [0.05, 0.1) is 26.0 Å². The van der Waals surface area contributed by atoms with Gasteiger partial charge in [0.1, 0.15) is 11.9 Å². The van der Waals surface area contributed by atoms with Gasteiger partial charge < -0.3 is 14.8 Å². The van der Waals surface area contributed by atoms with Crippen LogP contribution < -0.4 is 10.1 Å². The number of hydrogen-bond acceptors (Lipinski definition) is 5. The van der Waals surface area contributed by atoms with Crippen molar-refractivity contribution >= 4 is 5.91 Å². The first-order chi connectivity index (χ1) is 12.2. The number of benzene rings is 1. The lowest BCUT2D eigenvalue weighted by Crippen LogP contribution is -2.34. The molecule has 1 amide bonds. The quantitative estimate of drug-likeness (QED) is 0.922. The van der Waals surface area contributed by atoms with Gasteiger partial charge in [0.2, 0.25) is 0 Å². The van der Waals surface area contributed by atoms with Gasteiger partial charge in [0, 0.05) is 6.04 Å². The molecule has 25 heavy (non-hydrogen) atoms. The third-order valence-electron chi connectivity index (χ3n) is 4.99. The molecule has 1 N–H and O–H groups in total. The van der Waals surface area contributed by atoms with Gasteiger partial charge in [-0.25, -0.2) is 4.68 Å². The van der Waals surface area contributed by atoms with Crippen LogP contribution in [0.5, 0.6) is 5.75 Å². The lowest BCUT2D eigenvalue weighted by atomic mass is 10.1. The molecule has 1 aromatic heterocycles. The van der Waals surface area contributed by atoms with E-state index in [4.69, 9.17) is 9.47 Å². The molecule has 1 aromatic carbocycles. The predicted molar refractivity (Wildman–Crippen MR) is 90.3 cm³/mol. The zero-order chi connectivity index (χ0) is 17.2. The second kappa shape index (κ2) is 6.84. The van der Waals surface area contributed by atoms with Crippen LogP contribution in [0.3, 0.4) is 0 Å². The van der Waals surface area contributed by atoms with Crippen LogP contribution in [0.15, 0.2) is 24.3 Å². The molecule has 0 bridgehead atoms. The Hall–Kier alpha value is -2.41. The molecule has 7 heteroatoms. The summed E-state index contributed by atoms with van der Waals surface area (Å²) in [5.74, 6) is 0.673. The summed E-state index contributed by atoms with van der Waals surface area (Å²) in [6.45, 7) is 0.877. The minimum absolute atomic E-state index is 0.106. The summed E-state index contributed by atoms with van der Waals surface area (Å²) in [6.07, 6.45) is 4.34. The highest BCUT2D eigenvalue weighted by atomic mass is 16.5. The number of rotatable bonds is 4. The van der Waals surface area contributed by atoms with Crippen molar-refractivity contribution in [1.82, 2.24) is 20.3 Å². The summed E-state index contributed by atoms with van der Waals surface area (Å²) in [4.78, 5) is 12.5. The summed E-state index contributed by atoms with van der Waals surface area (Å²) < 4.78 is 12.9. The lowest BCUT2D eigenvalue weighted by molar-refractivity contribution is -0.00180. The molecule has 1 atom stereocenters. The van der Waals surface area contributed by atoms with Gasteiger partial charge in [0.15, 0.2) is 5.69 Å². The van der Waals surface area contributed by atoms with Crippen molar-refractivity contribution in [1.29, 1.82) is 0 Å². The van der Waals surface area contributed by atoms with Gasteiger partial charge in [-0.15, -0.1) is 5.10 Å².